The molecule has 1 atom stereocenters. The van der Waals surface area contributed by atoms with Crippen molar-refractivity contribution in [2.75, 3.05) is 0 Å². The van der Waals surface area contributed by atoms with Crippen LogP contribution >= 0.6 is 0 Å². The molecule has 1 rings (SSSR count). The Hall–Kier alpha value is -0.830. The van der Waals surface area contributed by atoms with Gasteiger partial charge in [-0.1, -0.05) is 13.8 Å². The van der Waals surface area contributed by atoms with Gasteiger partial charge in [-0.25, -0.2) is 0 Å². The van der Waals surface area contributed by atoms with Gasteiger partial charge in [-0.3, -0.25) is 4.68 Å². The van der Waals surface area contributed by atoms with Crippen LogP contribution in [0.5, 0.6) is 0 Å². The van der Waals surface area contributed by atoms with Crippen molar-refractivity contribution in [1.29, 1.82) is 0 Å². The summed E-state index contributed by atoms with van der Waals surface area (Å²) in [6.45, 7) is 6.45. The molecule has 0 aromatic carbocycles. The highest BCUT2D eigenvalue weighted by Crippen LogP contribution is 2.10. The quantitative estimate of drug-likeness (QED) is 0.791. The maximum Gasteiger partial charge on any atom is 0.0642 e. The van der Waals surface area contributed by atoms with E-state index < -0.39 is 0 Å². The zero-order chi connectivity index (χ0) is 10.7. The Morgan fingerprint density at radius 2 is 2.00 bits per heavy atom. The number of rotatable bonds is 4. The number of nitrogens with zero attached hydrogens (tertiary/aromatic N) is 2. The molecule has 0 aliphatic heterocycles. The van der Waals surface area contributed by atoms with E-state index in [1.165, 1.54) is 5.69 Å². The molecule has 1 heterocycles. The number of hydrogen-bond acceptors (Lipinski definition) is 2. The molecular weight excluding hydrogens is 174 g/mol. The molecule has 3 heteroatoms. The third kappa shape index (κ3) is 3.14. The molecule has 0 amide bonds. The molecule has 1 aromatic rings. The van der Waals surface area contributed by atoms with Crippen LogP contribution in [0.3, 0.4) is 0 Å². The Labute approximate surface area is 86.3 Å². The van der Waals surface area contributed by atoms with Crippen LogP contribution in [0.1, 0.15) is 32.2 Å². The molecule has 0 saturated heterocycles. The highest BCUT2D eigenvalue weighted by molar-refractivity contribution is 5.11. The second kappa shape index (κ2) is 4.60. The molecule has 0 aliphatic carbocycles. The molecule has 0 spiro atoms. The van der Waals surface area contributed by atoms with E-state index in [0.29, 0.717) is 5.92 Å². The van der Waals surface area contributed by atoms with Crippen LogP contribution in [-0.4, -0.2) is 15.8 Å². The lowest BCUT2D eigenvalue weighted by Gasteiger charge is -2.03. The Morgan fingerprint density at radius 3 is 2.50 bits per heavy atom. The SMILES string of the molecule is CC(C)Cc1cc(CC(C)N)nn1C. The first-order valence-electron chi connectivity index (χ1n) is 5.26. The van der Waals surface area contributed by atoms with Crippen LogP contribution in [0.25, 0.3) is 0 Å². The number of aryl methyl sites for hydroxylation is 1. The lowest BCUT2D eigenvalue weighted by molar-refractivity contribution is 0.592. The average Bonchev–Trinajstić information content (AvgIpc) is 2.28. The number of aromatic nitrogens is 2. The number of hydrogen-bond donors (Lipinski definition) is 1. The molecule has 0 fully saturated rings. The maximum atomic E-state index is 5.74. The number of nitrogens with two attached hydrogens (primary N) is 1. The topological polar surface area (TPSA) is 43.8 Å². The normalized spacial score (nSPS) is 13.6. The Morgan fingerprint density at radius 1 is 1.36 bits per heavy atom. The van der Waals surface area contributed by atoms with E-state index in [2.05, 4.69) is 25.0 Å². The molecule has 80 valence electrons. The molecule has 0 radical (unpaired) electrons. The van der Waals surface area contributed by atoms with Gasteiger partial charge in [0.25, 0.3) is 0 Å². The van der Waals surface area contributed by atoms with E-state index in [-0.39, 0.29) is 6.04 Å². The summed E-state index contributed by atoms with van der Waals surface area (Å²) in [5.74, 6) is 0.675. The first-order chi connectivity index (χ1) is 6.49. The van der Waals surface area contributed by atoms with E-state index in [4.69, 9.17) is 5.73 Å². The second-order valence-electron chi connectivity index (χ2n) is 4.53. The summed E-state index contributed by atoms with van der Waals surface area (Å²) in [5, 5.41) is 4.44. The maximum absolute atomic E-state index is 5.74. The molecule has 0 bridgehead atoms. The predicted molar refractivity (Wildman–Crippen MR) is 59.1 cm³/mol. The van der Waals surface area contributed by atoms with Crippen molar-refractivity contribution < 1.29 is 0 Å². The fourth-order valence-electron chi connectivity index (χ4n) is 1.61. The van der Waals surface area contributed by atoms with Crippen LogP contribution in [0.4, 0.5) is 0 Å². The lowest BCUT2D eigenvalue weighted by Crippen LogP contribution is -2.18. The van der Waals surface area contributed by atoms with Crippen LogP contribution < -0.4 is 5.73 Å². The summed E-state index contributed by atoms with van der Waals surface area (Å²) in [7, 11) is 2.00. The minimum absolute atomic E-state index is 0.191. The van der Waals surface area contributed by atoms with Crippen molar-refractivity contribution in [3.63, 3.8) is 0 Å². The van der Waals surface area contributed by atoms with Gasteiger partial charge in [0.15, 0.2) is 0 Å². The van der Waals surface area contributed by atoms with Crippen molar-refractivity contribution in [3.05, 3.63) is 17.5 Å². The molecule has 3 nitrogen and oxygen atoms in total. The Balaban J connectivity index is 2.72. The largest absolute Gasteiger partial charge is 0.328 e. The lowest BCUT2D eigenvalue weighted by atomic mass is 10.1. The first kappa shape index (κ1) is 11.2. The smallest absolute Gasteiger partial charge is 0.0642 e. The van der Waals surface area contributed by atoms with E-state index in [1.807, 2.05) is 18.7 Å². The third-order valence-corrected chi connectivity index (χ3v) is 2.18. The predicted octanol–water partition coefficient (Wildman–Crippen LogP) is 1.51. The zero-order valence-electron chi connectivity index (χ0n) is 9.62. The molecule has 1 aromatic heterocycles. The third-order valence-electron chi connectivity index (χ3n) is 2.18. The summed E-state index contributed by atoms with van der Waals surface area (Å²) in [6, 6.07) is 2.36. The molecule has 0 saturated carbocycles. The second-order valence-corrected chi connectivity index (χ2v) is 4.53. The fourth-order valence-corrected chi connectivity index (χ4v) is 1.61. The summed E-state index contributed by atoms with van der Waals surface area (Å²) >= 11 is 0. The van der Waals surface area contributed by atoms with Crippen LogP contribution in [0.15, 0.2) is 6.07 Å². The standard InChI is InChI=1S/C11H21N3/c1-8(2)5-11-7-10(6-9(3)12)13-14(11)4/h7-9H,5-6,12H2,1-4H3. The molecular formula is C11H21N3. The molecule has 14 heavy (non-hydrogen) atoms. The van der Waals surface area contributed by atoms with Crippen LogP contribution in [0.2, 0.25) is 0 Å². The van der Waals surface area contributed by atoms with Crippen molar-refractivity contribution in [1.82, 2.24) is 9.78 Å². The minimum Gasteiger partial charge on any atom is -0.328 e. The van der Waals surface area contributed by atoms with E-state index in [9.17, 15) is 0 Å². The van der Waals surface area contributed by atoms with Gasteiger partial charge in [0.1, 0.15) is 0 Å². The molecule has 0 aliphatic rings. The highest BCUT2D eigenvalue weighted by atomic mass is 15.3. The van der Waals surface area contributed by atoms with Gasteiger partial charge in [-0.2, -0.15) is 5.10 Å². The van der Waals surface area contributed by atoms with Gasteiger partial charge in [-0.15, -0.1) is 0 Å². The summed E-state index contributed by atoms with van der Waals surface area (Å²) in [6.07, 6.45) is 1.95. The van der Waals surface area contributed by atoms with Gasteiger partial charge in [0.2, 0.25) is 0 Å². The minimum atomic E-state index is 0.191. The van der Waals surface area contributed by atoms with Gasteiger partial charge < -0.3 is 5.73 Å². The fraction of sp³-hybridized carbons (Fsp3) is 0.727. The van der Waals surface area contributed by atoms with Crippen molar-refractivity contribution in [3.8, 4) is 0 Å². The van der Waals surface area contributed by atoms with Crippen LogP contribution in [-0.2, 0) is 19.9 Å². The summed E-state index contributed by atoms with van der Waals surface area (Å²) in [5.41, 5.74) is 8.15. The first-order valence-corrected chi connectivity index (χ1v) is 5.26. The van der Waals surface area contributed by atoms with Crippen LogP contribution in [0, 0.1) is 5.92 Å². The van der Waals surface area contributed by atoms with E-state index in [1.54, 1.807) is 0 Å². The average molecular weight is 195 g/mol. The van der Waals surface area contributed by atoms with Gasteiger partial charge >= 0.3 is 0 Å². The molecule has 2 N–H and O–H groups in total. The van der Waals surface area contributed by atoms with E-state index in [0.717, 1.165) is 18.5 Å². The monoisotopic (exact) mass is 195 g/mol. The highest BCUT2D eigenvalue weighted by Gasteiger charge is 2.07. The van der Waals surface area contributed by atoms with Gasteiger partial charge in [0, 0.05) is 25.2 Å². The molecule has 1 unspecified atom stereocenters. The van der Waals surface area contributed by atoms with E-state index >= 15 is 0 Å². The summed E-state index contributed by atoms with van der Waals surface area (Å²) < 4.78 is 1.97. The van der Waals surface area contributed by atoms with Crippen molar-refractivity contribution >= 4 is 0 Å². The van der Waals surface area contributed by atoms with Crippen molar-refractivity contribution in [2.45, 2.75) is 39.7 Å². The Kier molecular flexibility index (Phi) is 3.69. The van der Waals surface area contributed by atoms with Gasteiger partial charge in [0.05, 0.1) is 5.69 Å². The zero-order valence-corrected chi connectivity index (χ0v) is 9.62. The Bertz CT molecular complexity index is 287. The summed E-state index contributed by atoms with van der Waals surface area (Å²) in [4.78, 5) is 0. The van der Waals surface area contributed by atoms with Gasteiger partial charge in [-0.05, 0) is 25.3 Å². The van der Waals surface area contributed by atoms with Crippen molar-refractivity contribution in [2.24, 2.45) is 18.7 Å².